The number of amides is 1. The van der Waals surface area contributed by atoms with E-state index in [0.717, 1.165) is 0 Å². The number of hydrogen-bond acceptors (Lipinski definition) is 5. The van der Waals surface area contributed by atoms with E-state index in [0.29, 0.717) is 12.4 Å². The molecule has 1 heterocycles. The molecule has 0 radical (unpaired) electrons. The van der Waals surface area contributed by atoms with E-state index in [9.17, 15) is 14.9 Å². The summed E-state index contributed by atoms with van der Waals surface area (Å²) in [6.07, 6.45) is 1.63. The zero-order chi connectivity index (χ0) is 13.0. The molecule has 1 aromatic rings. The van der Waals surface area contributed by atoms with E-state index < -0.39 is 4.92 Å². The van der Waals surface area contributed by atoms with E-state index in [1.807, 2.05) is 0 Å². The topological polar surface area (TPSA) is 93.3 Å². The average Bonchev–Trinajstić information content (AvgIpc) is 2.60. The lowest BCUT2D eigenvalue weighted by molar-refractivity contribution is -0.388. The van der Waals surface area contributed by atoms with Gasteiger partial charge in [0.15, 0.2) is 0 Å². The van der Waals surface area contributed by atoms with Crippen molar-refractivity contribution in [3.63, 3.8) is 0 Å². The van der Waals surface area contributed by atoms with Gasteiger partial charge >= 0.3 is 5.82 Å². The lowest BCUT2D eigenvalue weighted by Gasteiger charge is -2.10. The van der Waals surface area contributed by atoms with Gasteiger partial charge in [0.2, 0.25) is 18.1 Å². The van der Waals surface area contributed by atoms with Gasteiger partial charge in [-0.2, -0.15) is 0 Å². The van der Waals surface area contributed by atoms with Crippen LogP contribution in [0.4, 0.5) is 11.6 Å². The van der Waals surface area contributed by atoms with Crippen LogP contribution in [0.1, 0.15) is 6.42 Å². The fourth-order valence-electron chi connectivity index (χ4n) is 1.27. The van der Waals surface area contributed by atoms with Crippen molar-refractivity contribution >= 4 is 17.5 Å². The largest absolute Gasteiger partial charge is 0.406 e. The van der Waals surface area contributed by atoms with Gasteiger partial charge in [0.25, 0.3) is 0 Å². The maximum atomic E-state index is 11.3. The molecule has 0 saturated carbocycles. The fourth-order valence-corrected chi connectivity index (χ4v) is 1.27. The number of hydrogen-bond donors (Lipinski definition) is 1. The summed E-state index contributed by atoms with van der Waals surface area (Å²) in [5.41, 5.74) is 0. The molecule has 8 nitrogen and oxygen atoms in total. The second-order valence-electron chi connectivity index (χ2n) is 3.75. The number of imidazole rings is 1. The maximum absolute atomic E-state index is 11.3. The van der Waals surface area contributed by atoms with Crippen molar-refractivity contribution in [1.29, 1.82) is 0 Å². The second kappa shape index (κ2) is 5.28. The summed E-state index contributed by atoms with van der Waals surface area (Å²) in [6.45, 7) is 0.331. The van der Waals surface area contributed by atoms with Gasteiger partial charge in [-0.15, -0.1) is 0 Å². The number of carbonyl (C=O) groups is 1. The van der Waals surface area contributed by atoms with Crippen LogP contribution in [0.3, 0.4) is 0 Å². The molecular weight excluding hydrogens is 226 g/mol. The molecule has 0 aliphatic heterocycles. The SMILES string of the molecule is CN(C)C(=O)CCNc1c([N+](=O)[O-])ncn1C. The Labute approximate surface area is 98.4 Å². The molecule has 17 heavy (non-hydrogen) atoms. The van der Waals surface area contributed by atoms with E-state index in [-0.39, 0.29) is 18.1 Å². The third kappa shape index (κ3) is 3.16. The molecule has 0 saturated heterocycles. The fraction of sp³-hybridized carbons (Fsp3) is 0.556. The highest BCUT2D eigenvalue weighted by atomic mass is 16.6. The van der Waals surface area contributed by atoms with Crippen molar-refractivity contribution in [2.24, 2.45) is 7.05 Å². The second-order valence-corrected chi connectivity index (χ2v) is 3.75. The normalized spacial score (nSPS) is 10.1. The molecular formula is C9H15N5O3. The van der Waals surface area contributed by atoms with Crippen LogP contribution in [0, 0.1) is 10.1 Å². The standard InChI is InChI=1S/C9H15N5O3/c1-12(2)7(15)4-5-10-8-9(14(16)17)11-6-13(8)3/h6,10H,4-5H2,1-3H3. The molecule has 0 unspecified atom stereocenters. The van der Waals surface area contributed by atoms with Crippen LogP contribution >= 0.6 is 0 Å². The van der Waals surface area contributed by atoms with Gasteiger partial charge in [-0.05, 0) is 9.91 Å². The van der Waals surface area contributed by atoms with E-state index in [2.05, 4.69) is 10.3 Å². The maximum Gasteiger partial charge on any atom is 0.406 e. The van der Waals surface area contributed by atoms with Crippen LogP contribution in [0.2, 0.25) is 0 Å². The number of aryl methyl sites for hydroxylation is 1. The quantitative estimate of drug-likeness (QED) is 0.588. The van der Waals surface area contributed by atoms with Crippen LogP contribution in [0.15, 0.2) is 6.33 Å². The summed E-state index contributed by atoms with van der Waals surface area (Å²) < 4.78 is 1.51. The number of carbonyl (C=O) groups excluding carboxylic acids is 1. The van der Waals surface area contributed by atoms with Gasteiger partial charge < -0.3 is 20.3 Å². The van der Waals surface area contributed by atoms with Crippen molar-refractivity contribution in [3.05, 3.63) is 16.4 Å². The average molecular weight is 241 g/mol. The molecule has 1 N–H and O–H groups in total. The van der Waals surface area contributed by atoms with Gasteiger partial charge in [-0.3, -0.25) is 9.36 Å². The smallest absolute Gasteiger partial charge is 0.364 e. The summed E-state index contributed by atoms with van der Waals surface area (Å²) >= 11 is 0. The van der Waals surface area contributed by atoms with Crippen molar-refractivity contribution in [2.75, 3.05) is 26.0 Å². The lowest BCUT2D eigenvalue weighted by atomic mass is 10.4. The van der Waals surface area contributed by atoms with Crippen molar-refractivity contribution in [2.45, 2.75) is 6.42 Å². The van der Waals surface area contributed by atoms with Crippen LogP contribution in [0.5, 0.6) is 0 Å². The molecule has 0 aliphatic carbocycles. The predicted molar refractivity (Wildman–Crippen MR) is 61.7 cm³/mol. The molecule has 0 atom stereocenters. The molecule has 0 fully saturated rings. The first-order chi connectivity index (χ1) is 7.93. The van der Waals surface area contributed by atoms with Crippen LogP contribution in [-0.2, 0) is 11.8 Å². The van der Waals surface area contributed by atoms with Crippen LogP contribution in [0.25, 0.3) is 0 Å². The Balaban J connectivity index is 2.60. The zero-order valence-corrected chi connectivity index (χ0v) is 10.0. The van der Waals surface area contributed by atoms with Gasteiger partial charge in [0, 0.05) is 34.1 Å². The minimum atomic E-state index is -0.559. The van der Waals surface area contributed by atoms with E-state index >= 15 is 0 Å². The monoisotopic (exact) mass is 241 g/mol. The highest BCUT2D eigenvalue weighted by Crippen LogP contribution is 2.20. The summed E-state index contributed by atoms with van der Waals surface area (Å²) in [6, 6.07) is 0. The highest BCUT2D eigenvalue weighted by molar-refractivity contribution is 5.76. The summed E-state index contributed by atoms with van der Waals surface area (Å²) in [5, 5.41) is 13.5. The van der Waals surface area contributed by atoms with E-state index in [4.69, 9.17) is 0 Å². The summed E-state index contributed by atoms with van der Waals surface area (Å²) in [5.74, 6) is 0.0358. The number of anilines is 1. The van der Waals surface area contributed by atoms with Gasteiger partial charge in [0.1, 0.15) is 0 Å². The molecule has 0 aliphatic rings. The van der Waals surface area contributed by atoms with Gasteiger partial charge in [0.05, 0.1) is 0 Å². The highest BCUT2D eigenvalue weighted by Gasteiger charge is 2.19. The number of nitrogens with zero attached hydrogens (tertiary/aromatic N) is 4. The van der Waals surface area contributed by atoms with Gasteiger partial charge in [-0.25, -0.2) is 0 Å². The molecule has 0 aromatic carbocycles. The Bertz CT molecular complexity index is 426. The molecule has 1 aromatic heterocycles. The molecule has 94 valence electrons. The summed E-state index contributed by atoms with van der Waals surface area (Å²) in [4.78, 5) is 26.5. The molecule has 1 amide bonds. The Morgan fingerprint density at radius 1 is 1.65 bits per heavy atom. The van der Waals surface area contributed by atoms with Crippen LogP contribution < -0.4 is 5.32 Å². The zero-order valence-electron chi connectivity index (χ0n) is 10.0. The first-order valence-corrected chi connectivity index (χ1v) is 5.03. The van der Waals surface area contributed by atoms with Crippen molar-refractivity contribution in [1.82, 2.24) is 14.5 Å². The molecule has 0 spiro atoms. The predicted octanol–water partition coefficient (Wildman–Crippen LogP) is 0.218. The van der Waals surface area contributed by atoms with E-state index in [1.165, 1.54) is 15.8 Å². The number of rotatable bonds is 5. The Hall–Kier alpha value is -2.12. The first-order valence-electron chi connectivity index (χ1n) is 5.03. The lowest BCUT2D eigenvalue weighted by Crippen LogP contribution is -2.24. The number of aromatic nitrogens is 2. The Morgan fingerprint density at radius 2 is 2.29 bits per heavy atom. The molecule has 0 bridgehead atoms. The Morgan fingerprint density at radius 3 is 2.82 bits per heavy atom. The number of nitrogens with one attached hydrogen (secondary N) is 1. The number of nitro groups is 1. The molecule has 1 rings (SSSR count). The minimum Gasteiger partial charge on any atom is -0.364 e. The van der Waals surface area contributed by atoms with Crippen molar-refractivity contribution in [3.8, 4) is 0 Å². The Kier molecular flexibility index (Phi) is 4.02. The van der Waals surface area contributed by atoms with Crippen LogP contribution in [-0.4, -0.2) is 45.9 Å². The third-order valence-electron chi connectivity index (χ3n) is 2.22. The van der Waals surface area contributed by atoms with Gasteiger partial charge in [-0.1, -0.05) is 0 Å². The molecule has 8 heteroatoms. The van der Waals surface area contributed by atoms with Crippen molar-refractivity contribution < 1.29 is 9.72 Å². The summed E-state index contributed by atoms with van der Waals surface area (Å²) in [7, 11) is 4.97. The minimum absolute atomic E-state index is 0.0395. The third-order valence-corrected chi connectivity index (χ3v) is 2.22. The van der Waals surface area contributed by atoms with E-state index in [1.54, 1.807) is 21.1 Å². The first kappa shape index (κ1) is 12.9.